The van der Waals surface area contributed by atoms with E-state index in [1.165, 1.54) is 19.8 Å². The maximum Gasteiger partial charge on any atom is 0.248 e. The first-order valence-electron chi connectivity index (χ1n) is 4.66. The van der Waals surface area contributed by atoms with Gasteiger partial charge in [0, 0.05) is 11.3 Å². The number of aliphatic hydroxyl groups excluding tert-OH is 1. The van der Waals surface area contributed by atoms with E-state index in [1.807, 2.05) is 0 Å². The zero-order valence-electron chi connectivity index (χ0n) is 8.12. The van der Waals surface area contributed by atoms with Gasteiger partial charge in [-0.1, -0.05) is 6.42 Å². The third-order valence-corrected chi connectivity index (χ3v) is 3.63. The van der Waals surface area contributed by atoms with Crippen LogP contribution in [-0.2, 0) is 4.79 Å². The molecule has 2 unspecified atom stereocenters. The highest BCUT2D eigenvalue weighted by Gasteiger charge is 2.28. The summed E-state index contributed by atoms with van der Waals surface area (Å²) in [6.45, 7) is 1.50. The lowest BCUT2D eigenvalue weighted by Crippen LogP contribution is -2.43. The van der Waals surface area contributed by atoms with E-state index in [1.54, 1.807) is 11.8 Å². The Morgan fingerprint density at radius 3 is 2.85 bits per heavy atom. The van der Waals surface area contributed by atoms with Gasteiger partial charge in [-0.05, 0) is 26.0 Å². The van der Waals surface area contributed by atoms with E-state index >= 15 is 0 Å². The number of hydrogen-bond acceptors (Lipinski definition) is 3. The van der Waals surface area contributed by atoms with Gasteiger partial charge in [-0.3, -0.25) is 4.79 Å². The topological polar surface area (TPSA) is 49.3 Å². The van der Waals surface area contributed by atoms with Crippen molar-refractivity contribution >= 4 is 17.7 Å². The molecule has 0 aromatic carbocycles. The molecule has 13 heavy (non-hydrogen) atoms. The molecule has 3 atom stereocenters. The van der Waals surface area contributed by atoms with E-state index in [0.717, 1.165) is 6.42 Å². The molecule has 76 valence electrons. The van der Waals surface area contributed by atoms with Crippen molar-refractivity contribution in [3.8, 4) is 0 Å². The molecule has 1 aliphatic rings. The molecule has 0 heterocycles. The normalized spacial score (nSPS) is 30.1. The van der Waals surface area contributed by atoms with E-state index in [2.05, 4.69) is 11.6 Å². The second-order valence-corrected chi connectivity index (χ2v) is 4.57. The second kappa shape index (κ2) is 4.86. The number of carbonyl (C=O) groups excluding carboxylic acids is 1. The maximum atomic E-state index is 11.2. The number of rotatable bonds is 3. The van der Waals surface area contributed by atoms with E-state index in [0.29, 0.717) is 5.25 Å². The minimum absolute atomic E-state index is 0.244. The van der Waals surface area contributed by atoms with E-state index < -0.39 is 6.10 Å². The predicted molar refractivity (Wildman–Crippen MR) is 54.8 cm³/mol. The minimum Gasteiger partial charge on any atom is -0.384 e. The summed E-state index contributed by atoms with van der Waals surface area (Å²) < 4.78 is 0. The summed E-state index contributed by atoms with van der Waals surface area (Å²) in [7, 11) is 0. The average molecular weight is 203 g/mol. The lowest BCUT2D eigenvalue weighted by Gasteiger charge is -2.19. The summed E-state index contributed by atoms with van der Waals surface area (Å²) in [6, 6.07) is 0.261. The fourth-order valence-electron chi connectivity index (χ4n) is 1.68. The molecule has 0 aliphatic heterocycles. The highest BCUT2D eigenvalue weighted by Crippen LogP contribution is 2.28. The van der Waals surface area contributed by atoms with Gasteiger partial charge in [-0.15, -0.1) is 0 Å². The van der Waals surface area contributed by atoms with Crippen molar-refractivity contribution in [3.05, 3.63) is 0 Å². The van der Waals surface area contributed by atoms with Crippen molar-refractivity contribution < 1.29 is 9.90 Å². The number of carbonyl (C=O) groups is 1. The molecule has 3 nitrogen and oxygen atoms in total. The third kappa shape index (κ3) is 2.88. The van der Waals surface area contributed by atoms with Crippen molar-refractivity contribution in [2.45, 2.75) is 43.6 Å². The highest BCUT2D eigenvalue weighted by molar-refractivity contribution is 7.99. The smallest absolute Gasteiger partial charge is 0.248 e. The van der Waals surface area contributed by atoms with E-state index in [-0.39, 0.29) is 11.9 Å². The van der Waals surface area contributed by atoms with Crippen LogP contribution < -0.4 is 5.32 Å². The van der Waals surface area contributed by atoms with Crippen LogP contribution in [0.1, 0.15) is 26.2 Å². The summed E-state index contributed by atoms with van der Waals surface area (Å²) in [6.07, 6.45) is 4.58. The van der Waals surface area contributed by atoms with Crippen molar-refractivity contribution in [1.82, 2.24) is 5.32 Å². The molecule has 1 fully saturated rings. The molecule has 0 spiro atoms. The molecule has 0 bridgehead atoms. The van der Waals surface area contributed by atoms with Crippen LogP contribution in [0.15, 0.2) is 0 Å². The maximum absolute atomic E-state index is 11.2. The van der Waals surface area contributed by atoms with Crippen LogP contribution in [0.3, 0.4) is 0 Å². The Labute approximate surface area is 83.3 Å². The van der Waals surface area contributed by atoms with Crippen LogP contribution in [0.2, 0.25) is 0 Å². The Hall–Kier alpha value is -0.220. The fraction of sp³-hybridized carbons (Fsp3) is 0.889. The standard InChI is InChI=1S/C9H17NO2S/c1-6(11)9(12)10-7-4-3-5-8(7)13-2/h6-8,11H,3-5H2,1-2H3,(H,10,12)/t6-,7?,8?/m1/s1. The largest absolute Gasteiger partial charge is 0.384 e. The molecule has 1 saturated carbocycles. The van der Waals surface area contributed by atoms with Crippen LogP contribution in [0, 0.1) is 0 Å². The average Bonchev–Trinajstić information content (AvgIpc) is 2.51. The SMILES string of the molecule is CSC1CCCC1NC(=O)[C@@H](C)O. The van der Waals surface area contributed by atoms with Crippen molar-refractivity contribution in [2.75, 3.05) is 6.26 Å². The Bertz CT molecular complexity index is 184. The molecule has 1 aliphatic carbocycles. The van der Waals surface area contributed by atoms with Crippen LogP contribution in [0.4, 0.5) is 0 Å². The zero-order chi connectivity index (χ0) is 9.84. The van der Waals surface area contributed by atoms with Gasteiger partial charge in [-0.25, -0.2) is 0 Å². The van der Waals surface area contributed by atoms with Crippen LogP contribution in [-0.4, -0.2) is 34.7 Å². The van der Waals surface area contributed by atoms with Crippen LogP contribution >= 0.6 is 11.8 Å². The lowest BCUT2D eigenvalue weighted by atomic mass is 10.2. The van der Waals surface area contributed by atoms with Crippen LogP contribution in [0.25, 0.3) is 0 Å². The molecule has 1 amide bonds. The van der Waals surface area contributed by atoms with E-state index in [9.17, 15) is 4.79 Å². The van der Waals surface area contributed by atoms with E-state index in [4.69, 9.17) is 5.11 Å². The summed E-state index contributed by atoms with van der Waals surface area (Å²) in [4.78, 5) is 11.2. The van der Waals surface area contributed by atoms with Gasteiger partial charge < -0.3 is 10.4 Å². The van der Waals surface area contributed by atoms with Crippen molar-refractivity contribution in [3.63, 3.8) is 0 Å². The first-order chi connectivity index (χ1) is 6.15. The third-order valence-electron chi connectivity index (χ3n) is 2.46. The van der Waals surface area contributed by atoms with Gasteiger partial charge in [-0.2, -0.15) is 11.8 Å². The number of amides is 1. The van der Waals surface area contributed by atoms with Gasteiger partial charge in [0.15, 0.2) is 0 Å². The number of thioether (sulfide) groups is 1. The van der Waals surface area contributed by atoms with Gasteiger partial charge in [0.2, 0.25) is 5.91 Å². The Morgan fingerprint density at radius 2 is 2.31 bits per heavy atom. The second-order valence-electron chi connectivity index (χ2n) is 3.50. The molecule has 0 radical (unpaired) electrons. The minimum atomic E-state index is -0.886. The van der Waals surface area contributed by atoms with Crippen molar-refractivity contribution in [1.29, 1.82) is 0 Å². The molecule has 1 rings (SSSR count). The molecule has 0 saturated heterocycles. The number of aliphatic hydroxyl groups is 1. The lowest BCUT2D eigenvalue weighted by molar-refractivity contribution is -0.129. The van der Waals surface area contributed by atoms with Crippen LogP contribution in [0.5, 0.6) is 0 Å². The summed E-state index contributed by atoms with van der Waals surface area (Å²) in [5.41, 5.74) is 0. The quantitative estimate of drug-likeness (QED) is 0.712. The molecule has 0 aromatic heterocycles. The van der Waals surface area contributed by atoms with Gasteiger partial charge >= 0.3 is 0 Å². The summed E-state index contributed by atoms with van der Waals surface area (Å²) in [5, 5.41) is 12.4. The molecule has 2 N–H and O–H groups in total. The Balaban J connectivity index is 2.39. The number of hydrogen-bond donors (Lipinski definition) is 2. The monoisotopic (exact) mass is 203 g/mol. The first kappa shape index (κ1) is 10.9. The van der Waals surface area contributed by atoms with Gasteiger partial charge in [0.25, 0.3) is 0 Å². The Kier molecular flexibility index (Phi) is 4.06. The van der Waals surface area contributed by atoms with Crippen molar-refractivity contribution in [2.24, 2.45) is 0 Å². The number of nitrogens with one attached hydrogen (secondary N) is 1. The van der Waals surface area contributed by atoms with Gasteiger partial charge in [0.1, 0.15) is 6.10 Å². The predicted octanol–water partition coefficient (Wildman–Crippen LogP) is 0.767. The zero-order valence-corrected chi connectivity index (χ0v) is 8.93. The molecule has 4 heteroatoms. The molecular weight excluding hydrogens is 186 g/mol. The first-order valence-corrected chi connectivity index (χ1v) is 5.95. The Morgan fingerprint density at radius 1 is 1.62 bits per heavy atom. The molecular formula is C9H17NO2S. The summed E-state index contributed by atoms with van der Waals surface area (Å²) >= 11 is 1.80. The molecule has 0 aromatic rings. The fourth-order valence-corrected chi connectivity index (χ4v) is 2.61. The summed E-state index contributed by atoms with van der Waals surface area (Å²) in [5.74, 6) is -0.244. The van der Waals surface area contributed by atoms with Gasteiger partial charge in [0.05, 0.1) is 0 Å². The highest BCUT2D eigenvalue weighted by atomic mass is 32.2.